The molecule has 1 aromatic heterocycles. The third-order valence-electron chi connectivity index (χ3n) is 6.23. The van der Waals surface area contributed by atoms with Crippen molar-refractivity contribution in [2.24, 2.45) is 0 Å². The van der Waals surface area contributed by atoms with Crippen molar-refractivity contribution in [1.82, 2.24) is 15.3 Å². The maximum absolute atomic E-state index is 12.6. The fourth-order valence-corrected chi connectivity index (χ4v) is 4.90. The first kappa shape index (κ1) is 21.1. The first-order chi connectivity index (χ1) is 14.7. The Labute approximate surface area is 183 Å². The van der Waals surface area contributed by atoms with Gasteiger partial charge in [-0.2, -0.15) is 5.26 Å². The fourth-order valence-electron chi connectivity index (χ4n) is 4.90. The molecule has 0 radical (unpaired) electrons. The molecule has 0 unspecified atom stereocenters. The van der Waals surface area contributed by atoms with Crippen molar-refractivity contribution in [2.45, 2.75) is 64.0 Å². The second-order valence-electron chi connectivity index (χ2n) is 9.51. The molecule has 1 amide bonds. The number of carbonyl (C=O) groups is 1. The van der Waals surface area contributed by atoms with Gasteiger partial charge in [-0.1, -0.05) is 24.3 Å². The van der Waals surface area contributed by atoms with Crippen molar-refractivity contribution >= 4 is 12.0 Å². The lowest BCUT2D eigenvalue weighted by Gasteiger charge is -2.44. The van der Waals surface area contributed by atoms with Crippen LogP contribution in [-0.2, 0) is 16.6 Å². The van der Waals surface area contributed by atoms with Gasteiger partial charge >= 0.3 is 6.09 Å². The van der Waals surface area contributed by atoms with Crippen molar-refractivity contribution in [3.05, 3.63) is 52.8 Å². The molecule has 1 atom stereocenters. The number of carbonyl (C=O) groups excluding carboxylic acids is 1. The molecule has 1 aliphatic carbocycles. The van der Waals surface area contributed by atoms with Gasteiger partial charge in [0.15, 0.2) is 0 Å². The molecule has 1 aromatic carbocycles. The average molecular weight is 420 g/mol. The summed E-state index contributed by atoms with van der Waals surface area (Å²) in [7, 11) is 0. The highest BCUT2D eigenvalue weighted by atomic mass is 16.6. The number of nitrogens with one attached hydrogen (secondary N) is 1. The van der Waals surface area contributed by atoms with Crippen LogP contribution in [0.4, 0.5) is 10.7 Å². The zero-order valence-electron chi connectivity index (χ0n) is 18.6. The topological polar surface area (TPSA) is 91.1 Å². The van der Waals surface area contributed by atoms with Crippen molar-refractivity contribution in [2.75, 3.05) is 18.0 Å². The third kappa shape index (κ3) is 4.20. The Morgan fingerprint density at radius 2 is 1.97 bits per heavy atom. The Hall–Kier alpha value is -3.14. The van der Waals surface area contributed by atoms with E-state index in [0.717, 1.165) is 38.0 Å². The van der Waals surface area contributed by atoms with Gasteiger partial charge in [-0.3, -0.25) is 0 Å². The molecule has 7 heteroatoms. The molecule has 31 heavy (non-hydrogen) atoms. The van der Waals surface area contributed by atoms with E-state index in [4.69, 9.17) is 4.74 Å². The maximum Gasteiger partial charge on any atom is 0.407 e. The largest absolute Gasteiger partial charge is 0.444 e. The summed E-state index contributed by atoms with van der Waals surface area (Å²) in [5.41, 5.74) is 3.10. The van der Waals surface area contributed by atoms with Crippen LogP contribution in [0.2, 0.25) is 0 Å². The normalized spacial score (nSPS) is 19.6. The number of rotatable bonds is 2. The number of ether oxygens (including phenoxy) is 1. The van der Waals surface area contributed by atoms with Gasteiger partial charge in [0, 0.05) is 30.2 Å². The molecule has 162 valence electrons. The SMILES string of the molecule is Cc1cc(C#N)nc(N2CCC3(CC2)c2ccccc2C[C@H]3NC(=O)OC(C)(C)C)n1. The van der Waals surface area contributed by atoms with Gasteiger partial charge in [0.25, 0.3) is 0 Å². The summed E-state index contributed by atoms with van der Waals surface area (Å²) in [5.74, 6) is 0.606. The lowest BCUT2D eigenvalue weighted by atomic mass is 9.71. The Kier molecular flexibility index (Phi) is 5.34. The van der Waals surface area contributed by atoms with Crippen LogP contribution in [0.25, 0.3) is 0 Å². The zero-order valence-corrected chi connectivity index (χ0v) is 18.6. The minimum Gasteiger partial charge on any atom is -0.444 e. The van der Waals surface area contributed by atoms with Gasteiger partial charge in [-0.25, -0.2) is 14.8 Å². The zero-order chi connectivity index (χ0) is 22.2. The molecule has 0 saturated carbocycles. The molecule has 1 fully saturated rings. The van der Waals surface area contributed by atoms with Crippen molar-refractivity contribution in [3.63, 3.8) is 0 Å². The Balaban J connectivity index is 1.57. The van der Waals surface area contributed by atoms with E-state index < -0.39 is 5.60 Å². The second-order valence-corrected chi connectivity index (χ2v) is 9.51. The second kappa shape index (κ2) is 7.84. The number of fused-ring (bicyclic) bond motifs is 2. The number of hydrogen-bond donors (Lipinski definition) is 1. The van der Waals surface area contributed by atoms with Crippen LogP contribution in [0.3, 0.4) is 0 Å². The molecular weight excluding hydrogens is 390 g/mol. The lowest BCUT2D eigenvalue weighted by molar-refractivity contribution is 0.0473. The standard InChI is InChI=1S/C24H29N5O2/c1-16-13-18(15-25)27-21(26-16)29-11-9-24(10-12-29)19-8-6-5-7-17(19)14-20(24)28-22(30)31-23(2,3)4/h5-8,13,20H,9-12,14H2,1-4H3,(H,28,30)/t20-/m1/s1. The monoisotopic (exact) mass is 419 g/mol. The summed E-state index contributed by atoms with van der Waals surface area (Å²) >= 11 is 0. The van der Waals surface area contributed by atoms with Crippen molar-refractivity contribution in [3.8, 4) is 6.07 Å². The van der Waals surface area contributed by atoms with E-state index in [2.05, 4.69) is 50.5 Å². The summed E-state index contributed by atoms with van der Waals surface area (Å²) in [6.45, 7) is 9.03. The minimum atomic E-state index is -0.535. The lowest BCUT2D eigenvalue weighted by Crippen LogP contribution is -2.54. The van der Waals surface area contributed by atoms with E-state index in [9.17, 15) is 10.1 Å². The third-order valence-corrected chi connectivity index (χ3v) is 6.23. The van der Waals surface area contributed by atoms with Crippen LogP contribution < -0.4 is 10.2 Å². The number of nitriles is 1. The molecule has 4 rings (SSSR count). The number of anilines is 1. The van der Waals surface area contributed by atoms with Gasteiger partial charge in [0.2, 0.25) is 5.95 Å². The van der Waals surface area contributed by atoms with Crippen molar-refractivity contribution < 1.29 is 9.53 Å². The number of aryl methyl sites for hydroxylation is 1. The number of aromatic nitrogens is 2. The fraction of sp³-hybridized carbons (Fsp3) is 0.500. The van der Waals surface area contributed by atoms with E-state index in [0.29, 0.717) is 11.6 Å². The molecule has 0 bridgehead atoms. The van der Waals surface area contributed by atoms with E-state index in [1.807, 2.05) is 27.7 Å². The molecule has 2 heterocycles. The highest BCUT2D eigenvalue weighted by Gasteiger charge is 2.49. The van der Waals surface area contributed by atoms with Crippen LogP contribution >= 0.6 is 0 Å². The average Bonchev–Trinajstić information content (AvgIpc) is 2.99. The molecule has 1 aliphatic heterocycles. The number of hydrogen-bond acceptors (Lipinski definition) is 6. The molecule has 7 nitrogen and oxygen atoms in total. The van der Waals surface area contributed by atoms with E-state index in [1.54, 1.807) is 6.07 Å². The van der Waals surface area contributed by atoms with E-state index in [1.165, 1.54) is 11.1 Å². The Bertz CT molecular complexity index is 1030. The summed E-state index contributed by atoms with van der Waals surface area (Å²) in [5, 5.41) is 12.4. The molecular formula is C24H29N5O2. The summed E-state index contributed by atoms with van der Waals surface area (Å²) < 4.78 is 5.55. The summed E-state index contributed by atoms with van der Waals surface area (Å²) in [6.07, 6.45) is 2.16. The van der Waals surface area contributed by atoms with Gasteiger partial charge in [-0.05, 0) is 64.2 Å². The summed E-state index contributed by atoms with van der Waals surface area (Å²) in [4.78, 5) is 23.7. The molecule has 1 spiro atoms. The smallest absolute Gasteiger partial charge is 0.407 e. The molecule has 2 aliphatic rings. The summed E-state index contributed by atoms with van der Waals surface area (Å²) in [6, 6.07) is 12.3. The number of alkyl carbamates (subject to hydrolysis) is 1. The maximum atomic E-state index is 12.6. The van der Waals surface area contributed by atoms with Gasteiger partial charge in [-0.15, -0.1) is 0 Å². The predicted molar refractivity (Wildman–Crippen MR) is 118 cm³/mol. The highest BCUT2D eigenvalue weighted by molar-refractivity contribution is 5.69. The Morgan fingerprint density at radius 1 is 1.26 bits per heavy atom. The number of piperidine rings is 1. The molecule has 1 saturated heterocycles. The van der Waals surface area contributed by atoms with Gasteiger partial charge < -0.3 is 15.0 Å². The van der Waals surface area contributed by atoms with Crippen LogP contribution in [0.1, 0.15) is 56.1 Å². The molecule has 2 aromatic rings. The van der Waals surface area contributed by atoms with E-state index in [-0.39, 0.29) is 17.6 Å². The first-order valence-electron chi connectivity index (χ1n) is 10.8. The van der Waals surface area contributed by atoms with Crippen LogP contribution in [0, 0.1) is 18.3 Å². The van der Waals surface area contributed by atoms with Crippen molar-refractivity contribution in [1.29, 1.82) is 5.26 Å². The number of nitrogens with zero attached hydrogens (tertiary/aromatic N) is 4. The number of benzene rings is 1. The Morgan fingerprint density at radius 3 is 2.65 bits per heavy atom. The van der Waals surface area contributed by atoms with Crippen LogP contribution in [0.5, 0.6) is 0 Å². The first-order valence-corrected chi connectivity index (χ1v) is 10.8. The quantitative estimate of drug-likeness (QED) is 0.799. The molecule has 1 N–H and O–H groups in total. The number of amides is 1. The van der Waals surface area contributed by atoms with E-state index >= 15 is 0 Å². The predicted octanol–water partition coefficient (Wildman–Crippen LogP) is 3.64. The van der Waals surface area contributed by atoms with Crippen LogP contribution in [-0.4, -0.2) is 40.8 Å². The van der Waals surface area contributed by atoms with Gasteiger partial charge in [0.05, 0.1) is 0 Å². The van der Waals surface area contributed by atoms with Crippen LogP contribution in [0.15, 0.2) is 30.3 Å². The minimum absolute atomic E-state index is 0.0185. The van der Waals surface area contributed by atoms with Gasteiger partial charge in [0.1, 0.15) is 17.4 Å². The highest BCUT2D eigenvalue weighted by Crippen LogP contribution is 2.46.